The normalized spacial score (nSPS) is 22.6. The van der Waals surface area contributed by atoms with E-state index in [2.05, 4.69) is 25.2 Å². The maximum absolute atomic E-state index is 8.57. The van der Waals surface area contributed by atoms with Gasteiger partial charge in [0, 0.05) is 12.1 Å². The first-order valence-electron chi connectivity index (χ1n) is 5.87. The second-order valence-electron chi connectivity index (χ2n) is 4.62. The van der Waals surface area contributed by atoms with Gasteiger partial charge < -0.3 is 5.32 Å². The van der Waals surface area contributed by atoms with E-state index in [4.69, 9.17) is 5.26 Å². The van der Waals surface area contributed by atoms with Crippen LogP contribution >= 0.6 is 0 Å². The lowest BCUT2D eigenvalue weighted by molar-refractivity contribution is 0.268. The number of nitrogens with one attached hydrogen (secondary N) is 1. The molecule has 0 aliphatic heterocycles. The zero-order valence-electron chi connectivity index (χ0n) is 9.42. The van der Waals surface area contributed by atoms with Gasteiger partial charge in [-0.3, -0.25) is 0 Å². The monoisotopic (exact) mass is 194 g/mol. The van der Waals surface area contributed by atoms with Crippen molar-refractivity contribution in [3.05, 3.63) is 0 Å². The maximum atomic E-state index is 8.57. The third kappa shape index (κ3) is 3.67. The summed E-state index contributed by atoms with van der Waals surface area (Å²) in [5, 5.41) is 12.1. The first-order chi connectivity index (χ1) is 6.74. The molecule has 0 amide bonds. The van der Waals surface area contributed by atoms with E-state index < -0.39 is 0 Å². The Bertz CT molecular complexity index is 189. The summed E-state index contributed by atoms with van der Waals surface area (Å²) in [6.07, 6.45) is 7.56. The van der Waals surface area contributed by atoms with E-state index >= 15 is 0 Å². The number of rotatable bonds is 4. The zero-order chi connectivity index (χ0) is 10.4. The molecule has 0 aromatic carbocycles. The van der Waals surface area contributed by atoms with Crippen molar-refractivity contribution < 1.29 is 0 Å². The van der Waals surface area contributed by atoms with Crippen LogP contribution in [0.4, 0.5) is 0 Å². The molecule has 1 rings (SSSR count). The van der Waals surface area contributed by atoms with E-state index in [1.807, 2.05) is 0 Å². The van der Waals surface area contributed by atoms with Gasteiger partial charge in [-0.1, -0.05) is 19.3 Å². The number of hydrogen-bond acceptors (Lipinski definition) is 2. The third-order valence-electron chi connectivity index (χ3n) is 3.30. The van der Waals surface area contributed by atoms with Crippen molar-refractivity contribution >= 4 is 0 Å². The molecule has 1 aliphatic rings. The van der Waals surface area contributed by atoms with E-state index in [-0.39, 0.29) is 0 Å². The number of hydrogen-bond donors (Lipinski definition) is 1. The highest BCUT2D eigenvalue weighted by Crippen LogP contribution is 2.26. The van der Waals surface area contributed by atoms with Gasteiger partial charge in [0.1, 0.15) is 0 Å². The van der Waals surface area contributed by atoms with Crippen LogP contribution in [0.25, 0.3) is 0 Å². The van der Waals surface area contributed by atoms with Crippen molar-refractivity contribution in [1.82, 2.24) is 5.32 Å². The Hall–Kier alpha value is -0.550. The lowest BCUT2D eigenvalue weighted by Crippen LogP contribution is -2.40. The highest BCUT2D eigenvalue weighted by atomic mass is 14.9. The van der Waals surface area contributed by atoms with Crippen LogP contribution in [0.15, 0.2) is 0 Å². The van der Waals surface area contributed by atoms with Crippen molar-refractivity contribution in [3.63, 3.8) is 0 Å². The Balaban J connectivity index is 2.25. The van der Waals surface area contributed by atoms with Gasteiger partial charge in [-0.25, -0.2) is 0 Å². The molecular formula is C12H22N2. The maximum Gasteiger partial charge on any atom is 0.0638 e. The molecule has 14 heavy (non-hydrogen) atoms. The molecular weight excluding hydrogens is 172 g/mol. The van der Waals surface area contributed by atoms with E-state index in [1.165, 1.54) is 32.1 Å². The molecule has 1 saturated carbocycles. The third-order valence-corrected chi connectivity index (χ3v) is 3.30. The molecule has 0 bridgehead atoms. The Morgan fingerprint density at radius 3 is 2.50 bits per heavy atom. The molecule has 2 unspecified atom stereocenters. The smallest absolute Gasteiger partial charge is 0.0638 e. The first-order valence-corrected chi connectivity index (χ1v) is 5.87. The van der Waals surface area contributed by atoms with Gasteiger partial charge in [0.2, 0.25) is 0 Å². The molecule has 1 fully saturated rings. The van der Waals surface area contributed by atoms with Crippen LogP contribution in [-0.4, -0.2) is 12.1 Å². The van der Waals surface area contributed by atoms with Crippen molar-refractivity contribution in [2.24, 2.45) is 5.92 Å². The summed E-state index contributed by atoms with van der Waals surface area (Å²) in [7, 11) is 0. The first kappa shape index (κ1) is 11.5. The fourth-order valence-corrected chi connectivity index (χ4v) is 2.41. The Labute approximate surface area is 87.7 Å². The van der Waals surface area contributed by atoms with Gasteiger partial charge in [-0.2, -0.15) is 5.26 Å². The molecule has 2 nitrogen and oxygen atoms in total. The largest absolute Gasteiger partial charge is 0.310 e. The standard InChI is InChI=1S/C12H22N2/c1-10(8-9-13)14-11(2)12-6-4-3-5-7-12/h10-12,14H,3-8H2,1-2H3. The Kier molecular flexibility index (Phi) is 4.97. The van der Waals surface area contributed by atoms with Crippen molar-refractivity contribution in [2.75, 3.05) is 0 Å². The van der Waals surface area contributed by atoms with Crippen LogP contribution in [0.1, 0.15) is 52.4 Å². The molecule has 0 heterocycles. The molecule has 0 aromatic rings. The van der Waals surface area contributed by atoms with Crippen LogP contribution in [0.5, 0.6) is 0 Å². The van der Waals surface area contributed by atoms with Crippen LogP contribution in [0, 0.1) is 17.2 Å². The van der Waals surface area contributed by atoms with Crippen LogP contribution in [0.3, 0.4) is 0 Å². The summed E-state index contributed by atoms with van der Waals surface area (Å²) >= 11 is 0. The summed E-state index contributed by atoms with van der Waals surface area (Å²) in [4.78, 5) is 0. The van der Waals surface area contributed by atoms with Crippen LogP contribution in [-0.2, 0) is 0 Å². The summed E-state index contributed by atoms with van der Waals surface area (Å²) in [6.45, 7) is 4.37. The van der Waals surface area contributed by atoms with Gasteiger partial charge >= 0.3 is 0 Å². The van der Waals surface area contributed by atoms with Crippen molar-refractivity contribution in [1.29, 1.82) is 5.26 Å². The lowest BCUT2D eigenvalue weighted by Gasteiger charge is -2.30. The highest BCUT2D eigenvalue weighted by Gasteiger charge is 2.20. The highest BCUT2D eigenvalue weighted by molar-refractivity contribution is 4.82. The molecule has 0 aromatic heterocycles. The quantitative estimate of drug-likeness (QED) is 0.747. The zero-order valence-corrected chi connectivity index (χ0v) is 9.42. The fourth-order valence-electron chi connectivity index (χ4n) is 2.41. The predicted octanol–water partition coefficient (Wildman–Crippen LogP) is 2.85. The topological polar surface area (TPSA) is 35.8 Å². The SMILES string of the molecule is CC(CC#N)NC(C)C1CCCCC1. The molecule has 0 spiro atoms. The average molecular weight is 194 g/mol. The number of nitrogens with zero attached hydrogens (tertiary/aromatic N) is 1. The van der Waals surface area contributed by atoms with E-state index in [9.17, 15) is 0 Å². The van der Waals surface area contributed by atoms with Crippen molar-refractivity contribution in [2.45, 2.75) is 64.5 Å². The molecule has 2 atom stereocenters. The second-order valence-corrected chi connectivity index (χ2v) is 4.62. The minimum absolute atomic E-state index is 0.344. The Morgan fingerprint density at radius 1 is 1.29 bits per heavy atom. The average Bonchev–Trinajstić information content (AvgIpc) is 2.19. The van der Waals surface area contributed by atoms with E-state index in [0.29, 0.717) is 18.5 Å². The fraction of sp³-hybridized carbons (Fsp3) is 0.917. The number of nitriles is 1. The van der Waals surface area contributed by atoms with Crippen LogP contribution < -0.4 is 5.32 Å². The van der Waals surface area contributed by atoms with Crippen LogP contribution in [0.2, 0.25) is 0 Å². The lowest BCUT2D eigenvalue weighted by atomic mass is 9.84. The second kappa shape index (κ2) is 6.03. The summed E-state index contributed by atoms with van der Waals surface area (Å²) in [6, 6.07) is 3.14. The van der Waals surface area contributed by atoms with Gasteiger partial charge in [-0.15, -0.1) is 0 Å². The van der Waals surface area contributed by atoms with Gasteiger partial charge in [-0.05, 0) is 32.6 Å². The Morgan fingerprint density at radius 2 is 1.93 bits per heavy atom. The molecule has 0 radical (unpaired) electrons. The minimum Gasteiger partial charge on any atom is -0.310 e. The van der Waals surface area contributed by atoms with Crippen molar-refractivity contribution in [3.8, 4) is 6.07 Å². The van der Waals surface area contributed by atoms with Gasteiger partial charge in [0.15, 0.2) is 0 Å². The van der Waals surface area contributed by atoms with E-state index in [0.717, 1.165) is 5.92 Å². The molecule has 2 heteroatoms. The minimum atomic E-state index is 0.344. The van der Waals surface area contributed by atoms with E-state index in [1.54, 1.807) is 0 Å². The molecule has 1 N–H and O–H groups in total. The summed E-state index contributed by atoms with van der Waals surface area (Å²) in [5.41, 5.74) is 0. The molecule has 80 valence electrons. The predicted molar refractivity (Wildman–Crippen MR) is 58.9 cm³/mol. The summed E-state index contributed by atoms with van der Waals surface area (Å²) in [5.74, 6) is 0.838. The van der Waals surface area contributed by atoms with Gasteiger partial charge in [0.25, 0.3) is 0 Å². The van der Waals surface area contributed by atoms with Gasteiger partial charge in [0.05, 0.1) is 12.5 Å². The molecule has 1 aliphatic carbocycles. The molecule has 0 saturated heterocycles. The summed E-state index contributed by atoms with van der Waals surface area (Å²) < 4.78 is 0.